The SMILES string of the molecule is CC(C)C(C)OCc1c(CN)oc2ccccc12. The summed E-state index contributed by atoms with van der Waals surface area (Å²) in [6, 6.07) is 7.99. The highest BCUT2D eigenvalue weighted by Gasteiger charge is 2.15. The summed E-state index contributed by atoms with van der Waals surface area (Å²) in [6.07, 6.45) is 0.226. The van der Waals surface area contributed by atoms with Gasteiger partial charge in [-0.1, -0.05) is 32.0 Å². The quantitative estimate of drug-likeness (QED) is 0.880. The lowest BCUT2D eigenvalue weighted by molar-refractivity contribution is 0.0233. The van der Waals surface area contributed by atoms with E-state index in [1.807, 2.05) is 18.2 Å². The number of hydrogen-bond acceptors (Lipinski definition) is 3. The summed E-state index contributed by atoms with van der Waals surface area (Å²) in [5, 5.41) is 1.11. The lowest BCUT2D eigenvalue weighted by atomic mass is 10.1. The van der Waals surface area contributed by atoms with E-state index in [9.17, 15) is 0 Å². The average Bonchev–Trinajstić information content (AvgIpc) is 2.73. The van der Waals surface area contributed by atoms with E-state index in [2.05, 4.69) is 26.8 Å². The molecular formula is C15H21NO2. The molecule has 2 rings (SSSR count). The first-order valence-electron chi connectivity index (χ1n) is 6.44. The van der Waals surface area contributed by atoms with Gasteiger partial charge in [0.1, 0.15) is 11.3 Å². The Labute approximate surface area is 108 Å². The maximum atomic E-state index is 5.88. The first-order valence-corrected chi connectivity index (χ1v) is 6.44. The van der Waals surface area contributed by atoms with Crippen molar-refractivity contribution in [1.82, 2.24) is 0 Å². The van der Waals surface area contributed by atoms with Gasteiger partial charge in [-0.25, -0.2) is 0 Å². The molecule has 0 aliphatic carbocycles. The maximum Gasteiger partial charge on any atom is 0.134 e. The molecular weight excluding hydrogens is 226 g/mol. The molecule has 2 N–H and O–H groups in total. The van der Waals surface area contributed by atoms with Gasteiger partial charge in [-0.15, -0.1) is 0 Å². The van der Waals surface area contributed by atoms with Gasteiger partial charge >= 0.3 is 0 Å². The summed E-state index contributed by atoms with van der Waals surface area (Å²) < 4.78 is 11.6. The number of rotatable bonds is 5. The maximum absolute atomic E-state index is 5.88. The van der Waals surface area contributed by atoms with Crippen LogP contribution in [0.2, 0.25) is 0 Å². The minimum absolute atomic E-state index is 0.226. The van der Waals surface area contributed by atoms with Crippen LogP contribution in [0.1, 0.15) is 32.1 Å². The lowest BCUT2D eigenvalue weighted by Gasteiger charge is -2.16. The number of benzene rings is 1. The van der Waals surface area contributed by atoms with Crippen molar-refractivity contribution in [2.45, 2.75) is 40.0 Å². The monoisotopic (exact) mass is 247 g/mol. The highest BCUT2D eigenvalue weighted by Crippen LogP contribution is 2.27. The van der Waals surface area contributed by atoms with Crippen molar-refractivity contribution >= 4 is 11.0 Å². The molecule has 2 aromatic rings. The van der Waals surface area contributed by atoms with Gasteiger partial charge in [0.25, 0.3) is 0 Å². The fourth-order valence-electron chi connectivity index (χ4n) is 1.88. The van der Waals surface area contributed by atoms with E-state index in [1.165, 1.54) is 0 Å². The third-order valence-electron chi connectivity index (χ3n) is 3.40. The number of fused-ring (bicyclic) bond motifs is 1. The van der Waals surface area contributed by atoms with Gasteiger partial charge < -0.3 is 14.9 Å². The molecule has 0 radical (unpaired) electrons. The van der Waals surface area contributed by atoms with Crippen LogP contribution < -0.4 is 5.73 Å². The molecule has 0 spiro atoms. The predicted molar refractivity (Wildman–Crippen MR) is 73.2 cm³/mol. The Kier molecular flexibility index (Phi) is 4.04. The van der Waals surface area contributed by atoms with Crippen LogP contribution >= 0.6 is 0 Å². The molecule has 1 atom stereocenters. The van der Waals surface area contributed by atoms with E-state index in [0.717, 1.165) is 22.3 Å². The number of furan rings is 1. The minimum Gasteiger partial charge on any atom is -0.459 e. The first kappa shape index (κ1) is 13.1. The van der Waals surface area contributed by atoms with E-state index in [0.29, 0.717) is 19.1 Å². The van der Waals surface area contributed by atoms with Crippen LogP contribution in [0.3, 0.4) is 0 Å². The van der Waals surface area contributed by atoms with Crippen molar-refractivity contribution in [3.63, 3.8) is 0 Å². The van der Waals surface area contributed by atoms with Crippen molar-refractivity contribution in [3.05, 3.63) is 35.6 Å². The van der Waals surface area contributed by atoms with E-state index in [1.54, 1.807) is 0 Å². The van der Waals surface area contributed by atoms with Crippen LogP contribution in [0, 0.1) is 5.92 Å². The van der Waals surface area contributed by atoms with Crippen LogP contribution in [0.15, 0.2) is 28.7 Å². The topological polar surface area (TPSA) is 48.4 Å². The number of ether oxygens (including phenoxy) is 1. The van der Waals surface area contributed by atoms with Gasteiger partial charge in [0.15, 0.2) is 0 Å². The second-order valence-corrected chi connectivity index (χ2v) is 4.96. The van der Waals surface area contributed by atoms with Crippen LogP contribution in [0.4, 0.5) is 0 Å². The molecule has 0 fully saturated rings. The molecule has 3 nitrogen and oxygen atoms in total. The molecule has 18 heavy (non-hydrogen) atoms. The second-order valence-electron chi connectivity index (χ2n) is 4.96. The Bertz CT molecular complexity index is 516. The molecule has 3 heteroatoms. The predicted octanol–water partition coefficient (Wildman–Crippen LogP) is 3.45. The molecule has 0 bridgehead atoms. The summed E-state index contributed by atoms with van der Waals surface area (Å²) in [4.78, 5) is 0. The van der Waals surface area contributed by atoms with Crippen LogP contribution in [-0.4, -0.2) is 6.10 Å². The minimum atomic E-state index is 0.226. The van der Waals surface area contributed by atoms with E-state index in [-0.39, 0.29) is 6.10 Å². The molecule has 1 heterocycles. The Morgan fingerprint density at radius 2 is 1.94 bits per heavy atom. The number of hydrogen-bond donors (Lipinski definition) is 1. The van der Waals surface area contributed by atoms with Gasteiger partial charge in [-0.3, -0.25) is 0 Å². The first-order chi connectivity index (χ1) is 8.63. The molecule has 1 aromatic carbocycles. The fourth-order valence-corrected chi connectivity index (χ4v) is 1.88. The fraction of sp³-hybridized carbons (Fsp3) is 0.467. The smallest absolute Gasteiger partial charge is 0.134 e. The third-order valence-corrected chi connectivity index (χ3v) is 3.40. The number of nitrogens with two attached hydrogens (primary N) is 1. The molecule has 0 saturated carbocycles. The standard InChI is InChI=1S/C15H21NO2/c1-10(2)11(3)17-9-13-12-6-4-5-7-14(12)18-15(13)8-16/h4-7,10-11H,8-9,16H2,1-3H3. The highest BCUT2D eigenvalue weighted by atomic mass is 16.5. The summed E-state index contributed by atoms with van der Waals surface area (Å²) in [5.74, 6) is 1.33. The van der Waals surface area contributed by atoms with E-state index < -0.39 is 0 Å². The van der Waals surface area contributed by atoms with Crippen LogP contribution in [-0.2, 0) is 17.9 Å². The summed E-state index contributed by atoms with van der Waals surface area (Å²) >= 11 is 0. The molecule has 98 valence electrons. The average molecular weight is 247 g/mol. The normalized spacial score (nSPS) is 13.4. The summed E-state index contributed by atoms with van der Waals surface area (Å²) in [5.41, 5.74) is 7.70. The van der Waals surface area contributed by atoms with Crippen LogP contribution in [0.25, 0.3) is 11.0 Å². The molecule has 1 aromatic heterocycles. The molecule has 0 saturated heterocycles. The Hall–Kier alpha value is -1.32. The molecule has 1 unspecified atom stereocenters. The van der Waals surface area contributed by atoms with Crippen molar-refractivity contribution in [3.8, 4) is 0 Å². The Morgan fingerprint density at radius 3 is 2.61 bits per heavy atom. The zero-order valence-electron chi connectivity index (χ0n) is 11.3. The Morgan fingerprint density at radius 1 is 1.22 bits per heavy atom. The van der Waals surface area contributed by atoms with Crippen LogP contribution in [0.5, 0.6) is 0 Å². The summed E-state index contributed by atoms with van der Waals surface area (Å²) in [7, 11) is 0. The van der Waals surface area contributed by atoms with Crippen molar-refractivity contribution in [2.75, 3.05) is 0 Å². The van der Waals surface area contributed by atoms with Crippen molar-refractivity contribution in [2.24, 2.45) is 11.7 Å². The largest absolute Gasteiger partial charge is 0.459 e. The Balaban J connectivity index is 2.25. The van der Waals surface area contributed by atoms with E-state index >= 15 is 0 Å². The highest BCUT2D eigenvalue weighted by molar-refractivity contribution is 5.82. The van der Waals surface area contributed by atoms with Gasteiger partial charge in [0.2, 0.25) is 0 Å². The van der Waals surface area contributed by atoms with E-state index in [4.69, 9.17) is 14.9 Å². The zero-order chi connectivity index (χ0) is 13.1. The van der Waals surface area contributed by atoms with Crippen molar-refractivity contribution in [1.29, 1.82) is 0 Å². The molecule has 0 amide bonds. The van der Waals surface area contributed by atoms with Gasteiger partial charge in [-0.2, -0.15) is 0 Å². The summed E-state index contributed by atoms with van der Waals surface area (Å²) in [6.45, 7) is 7.37. The second kappa shape index (κ2) is 5.55. The van der Waals surface area contributed by atoms with Gasteiger partial charge in [-0.05, 0) is 18.9 Å². The molecule has 0 aliphatic rings. The van der Waals surface area contributed by atoms with Crippen molar-refractivity contribution < 1.29 is 9.15 Å². The molecule has 0 aliphatic heterocycles. The third kappa shape index (κ3) is 2.57. The van der Waals surface area contributed by atoms with Gasteiger partial charge in [0, 0.05) is 10.9 Å². The number of para-hydroxylation sites is 1. The van der Waals surface area contributed by atoms with Gasteiger partial charge in [0.05, 0.1) is 19.3 Å². The zero-order valence-corrected chi connectivity index (χ0v) is 11.3. The lowest BCUT2D eigenvalue weighted by Crippen LogP contribution is -2.15.